The van der Waals surface area contributed by atoms with Crippen LogP contribution in [0.1, 0.15) is 39.0 Å². The summed E-state index contributed by atoms with van der Waals surface area (Å²) in [6, 6.07) is 0. The Kier molecular flexibility index (Phi) is 2.23. The van der Waals surface area contributed by atoms with Gasteiger partial charge in [-0.2, -0.15) is 4.99 Å². The van der Waals surface area contributed by atoms with E-state index in [9.17, 15) is 4.79 Å². The maximum atomic E-state index is 10.0. The van der Waals surface area contributed by atoms with Crippen molar-refractivity contribution in [2.24, 2.45) is 4.99 Å². The van der Waals surface area contributed by atoms with E-state index in [1.165, 1.54) is 12.8 Å². The van der Waals surface area contributed by atoms with Crippen LogP contribution >= 0.6 is 0 Å². The quantitative estimate of drug-likeness (QED) is 0.425. The Labute approximate surface area is 61.3 Å². The lowest BCUT2D eigenvalue weighted by Gasteiger charge is -2.18. The Balaban J connectivity index is 2.66. The van der Waals surface area contributed by atoms with Crippen molar-refractivity contribution in [2.75, 3.05) is 0 Å². The summed E-state index contributed by atoms with van der Waals surface area (Å²) in [5, 5.41) is 0. The second-order valence-electron chi connectivity index (χ2n) is 2.99. The summed E-state index contributed by atoms with van der Waals surface area (Å²) < 4.78 is 0. The molecule has 0 heterocycles. The number of hydrogen-bond acceptors (Lipinski definition) is 2. The molecule has 0 aromatic rings. The second kappa shape index (κ2) is 2.98. The first-order valence-corrected chi connectivity index (χ1v) is 3.92. The lowest BCUT2D eigenvalue weighted by Crippen LogP contribution is -2.19. The molecule has 1 rings (SSSR count). The summed E-state index contributed by atoms with van der Waals surface area (Å²) >= 11 is 0. The van der Waals surface area contributed by atoms with Crippen molar-refractivity contribution in [2.45, 2.75) is 44.6 Å². The van der Waals surface area contributed by atoms with E-state index in [1.54, 1.807) is 6.08 Å². The fraction of sp³-hybridized carbons (Fsp3) is 0.875. The van der Waals surface area contributed by atoms with Crippen LogP contribution < -0.4 is 0 Å². The van der Waals surface area contributed by atoms with Gasteiger partial charge in [-0.3, -0.25) is 0 Å². The average Bonchev–Trinajstić information content (AvgIpc) is 2.39. The number of isocyanates is 1. The molecule has 10 heavy (non-hydrogen) atoms. The van der Waals surface area contributed by atoms with Crippen LogP contribution in [0.15, 0.2) is 4.99 Å². The number of carbonyl (C=O) groups excluding carboxylic acids is 1. The number of nitrogens with zero attached hydrogens (tertiary/aromatic N) is 1. The lowest BCUT2D eigenvalue weighted by atomic mass is 9.96. The van der Waals surface area contributed by atoms with E-state index in [2.05, 4.69) is 11.9 Å². The van der Waals surface area contributed by atoms with Crippen LogP contribution in [0, 0.1) is 0 Å². The van der Waals surface area contributed by atoms with Crippen molar-refractivity contribution in [1.29, 1.82) is 0 Å². The highest BCUT2D eigenvalue weighted by Crippen LogP contribution is 2.35. The summed E-state index contributed by atoms with van der Waals surface area (Å²) in [5.74, 6) is 0. The molecule has 0 amide bonds. The maximum Gasteiger partial charge on any atom is 0.235 e. The van der Waals surface area contributed by atoms with E-state index in [4.69, 9.17) is 0 Å². The maximum absolute atomic E-state index is 10.0. The van der Waals surface area contributed by atoms with E-state index in [-0.39, 0.29) is 5.54 Å². The van der Waals surface area contributed by atoms with Crippen molar-refractivity contribution in [3.05, 3.63) is 0 Å². The summed E-state index contributed by atoms with van der Waals surface area (Å²) in [4.78, 5) is 13.9. The molecule has 1 aliphatic rings. The Morgan fingerprint density at radius 3 is 2.50 bits per heavy atom. The van der Waals surface area contributed by atoms with Crippen LogP contribution in [0.5, 0.6) is 0 Å². The van der Waals surface area contributed by atoms with Crippen molar-refractivity contribution >= 4 is 6.08 Å². The van der Waals surface area contributed by atoms with E-state index in [1.807, 2.05) is 0 Å². The standard InChI is InChI=1S/C8H13NO/c1-2-8(9-7-10)5-3-4-6-8/h2-6H2,1H3. The Morgan fingerprint density at radius 2 is 2.10 bits per heavy atom. The number of aliphatic imine (C=N–C) groups is 1. The fourth-order valence-electron chi connectivity index (χ4n) is 1.67. The molecule has 1 fully saturated rings. The van der Waals surface area contributed by atoms with Gasteiger partial charge in [-0.05, 0) is 19.3 Å². The molecule has 1 aliphatic carbocycles. The molecule has 0 saturated heterocycles. The van der Waals surface area contributed by atoms with Gasteiger partial charge in [0, 0.05) is 0 Å². The monoisotopic (exact) mass is 139 g/mol. The van der Waals surface area contributed by atoms with Gasteiger partial charge in [0.2, 0.25) is 6.08 Å². The van der Waals surface area contributed by atoms with Crippen LogP contribution in [-0.2, 0) is 4.79 Å². The molecule has 1 saturated carbocycles. The first kappa shape index (κ1) is 7.49. The van der Waals surface area contributed by atoms with Gasteiger partial charge in [0.25, 0.3) is 0 Å². The molecule has 0 atom stereocenters. The molecule has 0 spiro atoms. The third-order valence-electron chi connectivity index (χ3n) is 2.48. The highest BCUT2D eigenvalue weighted by Gasteiger charge is 2.31. The molecule has 0 bridgehead atoms. The Morgan fingerprint density at radius 1 is 1.50 bits per heavy atom. The summed E-state index contributed by atoms with van der Waals surface area (Å²) in [6.45, 7) is 2.09. The van der Waals surface area contributed by atoms with Gasteiger partial charge in [-0.25, -0.2) is 4.79 Å². The molecule has 2 nitrogen and oxygen atoms in total. The number of rotatable bonds is 2. The van der Waals surface area contributed by atoms with Gasteiger partial charge < -0.3 is 0 Å². The molecule has 0 radical (unpaired) electrons. The Hall–Kier alpha value is -0.620. The van der Waals surface area contributed by atoms with Crippen LogP contribution in [0.3, 0.4) is 0 Å². The van der Waals surface area contributed by atoms with Gasteiger partial charge in [-0.15, -0.1) is 0 Å². The van der Waals surface area contributed by atoms with Crippen LogP contribution in [0.2, 0.25) is 0 Å². The zero-order valence-corrected chi connectivity index (χ0v) is 6.39. The van der Waals surface area contributed by atoms with Crippen molar-refractivity contribution < 1.29 is 4.79 Å². The minimum atomic E-state index is -0.0122. The molecular weight excluding hydrogens is 126 g/mol. The average molecular weight is 139 g/mol. The first-order valence-electron chi connectivity index (χ1n) is 3.92. The minimum Gasteiger partial charge on any atom is -0.211 e. The highest BCUT2D eigenvalue weighted by atomic mass is 16.1. The van der Waals surface area contributed by atoms with Gasteiger partial charge in [-0.1, -0.05) is 19.8 Å². The predicted molar refractivity (Wildman–Crippen MR) is 39.6 cm³/mol. The predicted octanol–water partition coefficient (Wildman–Crippen LogP) is 2.04. The fourth-order valence-corrected chi connectivity index (χ4v) is 1.67. The van der Waals surface area contributed by atoms with Crippen molar-refractivity contribution in [1.82, 2.24) is 0 Å². The first-order chi connectivity index (χ1) is 4.83. The van der Waals surface area contributed by atoms with Crippen molar-refractivity contribution in [3.63, 3.8) is 0 Å². The largest absolute Gasteiger partial charge is 0.235 e. The van der Waals surface area contributed by atoms with Gasteiger partial charge in [0.15, 0.2) is 0 Å². The molecule has 0 N–H and O–H groups in total. The van der Waals surface area contributed by atoms with E-state index >= 15 is 0 Å². The second-order valence-corrected chi connectivity index (χ2v) is 2.99. The molecule has 0 unspecified atom stereocenters. The van der Waals surface area contributed by atoms with Crippen LogP contribution in [-0.4, -0.2) is 11.6 Å². The Bertz CT molecular complexity index is 153. The van der Waals surface area contributed by atoms with Crippen LogP contribution in [0.25, 0.3) is 0 Å². The molecular formula is C8H13NO. The van der Waals surface area contributed by atoms with Gasteiger partial charge in [0.05, 0.1) is 5.54 Å². The lowest BCUT2D eigenvalue weighted by molar-refractivity contribution is 0.422. The van der Waals surface area contributed by atoms with E-state index < -0.39 is 0 Å². The topological polar surface area (TPSA) is 29.4 Å². The van der Waals surface area contributed by atoms with E-state index in [0.29, 0.717) is 0 Å². The smallest absolute Gasteiger partial charge is 0.211 e. The summed E-state index contributed by atoms with van der Waals surface area (Å²) in [6.07, 6.45) is 7.27. The summed E-state index contributed by atoms with van der Waals surface area (Å²) in [5.41, 5.74) is -0.0122. The zero-order valence-electron chi connectivity index (χ0n) is 6.39. The van der Waals surface area contributed by atoms with Crippen molar-refractivity contribution in [3.8, 4) is 0 Å². The molecule has 0 aliphatic heterocycles. The highest BCUT2D eigenvalue weighted by molar-refractivity contribution is 5.35. The molecule has 0 aromatic heterocycles. The SMILES string of the molecule is CCC1(N=C=O)CCCC1. The normalized spacial score (nSPS) is 22.1. The zero-order chi connectivity index (χ0) is 7.45. The molecule has 56 valence electrons. The van der Waals surface area contributed by atoms with Gasteiger partial charge in [0.1, 0.15) is 0 Å². The summed E-state index contributed by atoms with van der Waals surface area (Å²) in [7, 11) is 0. The third-order valence-corrected chi connectivity index (χ3v) is 2.48. The minimum absolute atomic E-state index is 0.0122. The third kappa shape index (κ3) is 1.27. The molecule has 2 heteroatoms. The number of hydrogen-bond donors (Lipinski definition) is 0. The molecule has 0 aromatic carbocycles. The van der Waals surface area contributed by atoms with E-state index in [0.717, 1.165) is 19.3 Å². The van der Waals surface area contributed by atoms with Crippen LogP contribution in [0.4, 0.5) is 0 Å². The van der Waals surface area contributed by atoms with Gasteiger partial charge >= 0.3 is 0 Å².